The molecular formula is C13H20N4O2. The zero-order chi connectivity index (χ0) is 13.8. The third kappa shape index (κ3) is 3.64. The summed E-state index contributed by atoms with van der Waals surface area (Å²) in [5.74, 6) is 0.372. The van der Waals surface area contributed by atoms with Crippen molar-refractivity contribution in [1.29, 1.82) is 0 Å². The van der Waals surface area contributed by atoms with Crippen molar-refractivity contribution in [3.8, 4) is 0 Å². The predicted octanol–water partition coefficient (Wildman–Crippen LogP) is 2.19. The maximum absolute atomic E-state index is 11.0. The average molecular weight is 264 g/mol. The lowest BCUT2D eigenvalue weighted by Gasteiger charge is -2.21. The van der Waals surface area contributed by atoms with Gasteiger partial charge in [0.15, 0.2) is 0 Å². The summed E-state index contributed by atoms with van der Waals surface area (Å²) < 4.78 is 0. The Hall–Kier alpha value is -1.69. The molecule has 0 bridgehead atoms. The van der Waals surface area contributed by atoms with Crippen LogP contribution in [0.2, 0.25) is 0 Å². The fourth-order valence-corrected chi connectivity index (χ4v) is 2.43. The molecule has 1 aromatic rings. The minimum Gasteiger partial charge on any atom is -0.361 e. The normalized spacial score (nSPS) is 17.4. The Balaban J connectivity index is 2.04. The van der Waals surface area contributed by atoms with E-state index in [2.05, 4.69) is 15.2 Å². The number of nitro groups is 1. The van der Waals surface area contributed by atoms with Crippen molar-refractivity contribution in [2.75, 3.05) is 25.0 Å². The van der Waals surface area contributed by atoms with Gasteiger partial charge >= 0.3 is 5.69 Å². The molecule has 1 saturated heterocycles. The second-order valence-electron chi connectivity index (χ2n) is 5.13. The van der Waals surface area contributed by atoms with E-state index in [1.807, 2.05) is 13.8 Å². The van der Waals surface area contributed by atoms with Gasteiger partial charge in [0.1, 0.15) is 0 Å². The Labute approximate surface area is 113 Å². The van der Waals surface area contributed by atoms with Gasteiger partial charge in [-0.1, -0.05) is 0 Å². The van der Waals surface area contributed by atoms with E-state index in [-0.39, 0.29) is 11.7 Å². The minimum atomic E-state index is -0.392. The quantitative estimate of drug-likeness (QED) is 0.652. The Bertz CT molecular complexity index is 458. The smallest absolute Gasteiger partial charge is 0.311 e. The molecule has 1 aliphatic heterocycles. The van der Waals surface area contributed by atoms with Gasteiger partial charge in [0, 0.05) is 24.3 Å². The molecule has 1 unspecified atom stereocenters. The number of hydrogen-bond acceptors (Lipinski definition) is 5. The molecule has 2 rings (SSSR count). The molecule has 1 aliphatic rings. The standard InChI is InChI=1S/C13H20N4O2/c1-10-5-6-12(17(18)19)13(14-10)15-11(2)9-16-7-3-4-8-16/h5-6,11H,3-4,7-9H2,1-2H3,(H,14,15). The highest BCUT2D eigenvalue weighted by Gasteiger charge is 2.19. The average Bonchev–Trinajstić information content (AvgIpc) is 2.81. The number of anilines is 1. The number of rotatable bonds is 5. The molecular weight excluding hydrogens is 244 g/mol. The summed E-state index contributed by atoms with van der Waals surface area (Å²) in [6.07, 6.45) is 2.49. The lowest BCUT2D eigenvalue weighted by molar-refractivity contribution is -0.384. The number of aryl methyl sites for hydroxylation is 1. The molecule has 0 amide bonds. The van der Waals surface area contributed by atoms with Gasteiger partial charge < -0.3 is 10.2 Å². The van der Waals surface area contributed by atoms with Crippen molar-refractivity contribution < 1.29 is 4.92 Å². The number of hydrogen-bond donors (Lipinski definition) is 1. The largest absolute Gasteiger partial charge is 0.361 e. The van der Waals surface area contributed by atoms with E-state index in [0.29, 0.717) is 5.82 Å². The van der Waals surface area contributed by atoms with Crippen LogP contribution in [0.4, 0.5) is 11.5 Å². The molecule has 19 heavy (non-hydrogen) atoms. The number of nitrogens with one attached hydrogen (secondary N) is 1. The third-order valence-electron chi connectivity index (χ3n) is 3.32. The van der Waals surface area contributed by atoms with Crippen LogP contribution >= 0.6 is 0 Å². The van der Waals surface area contributed by atoms with Crippen molar-refractivity contribution in [3.63, 3.8) is 0 Å². The first-order valence-corrected chi connectivity index (χ1v) is 6.67. The summed E-state index contributed by atoms with van der Waals surface area (Å²) >= 11 is 0. The lowest BCUT2D eigenvalue weighted by Crippen LogP contribution is -2.33. The van der Waals surface area contributed by atoms with Crippen LogP contribution in [-0.4, -0.2) is 40.5 Å². The molecule has 1 N–H and O–H groups in total. The van der Waals surface area contributed by atoms with Crippen molar-refractivity contribution in [2.45, 2.75) is 32.7 Å². The van der Waals surface area contributed by atoms with Gasteiger partial charge in [-0.05, 0) is 45.8 Å². The Kier molecular flexibility index (Phi) is 4.31. The zero-order valence-electron chi connectivity index (χ0n) is 11.4. The third-order valence-corrected chi connectivity index (χ3v) is 3.32. The van der Waals surface area contributed by atoms with Gasteiger partial charge in [-0.2, -0.15) is 0 Å². The van der Waals surface area contributed by atoms with Crippen LogP contribution in [0.1, 0.15) is 25.5 Å². The van der Waals surface area contributed by atoms with Crippen LogP contribution in [0.15, 0.2) is 12.1 Å². The summed E-state index contributed by atoms with van der Waals surface area (Å²) in [7, 11) is 0. The van der Waals surface area contributed by atoms with E-state index in [4.69, 9.17) is 0 Å². The van der Waals surface area contributed by atoms with Crippen LogP contribution in [0.25, 0.3) is 0 Å². The summed E-state index contributed by atoms with van der Waals surface area (Å²) in [5.41, 5.74) is 0.820. The van der Waals surface area contributed by atoms with Crippen LogP contribution < -0.4 is 5.32 Å². The van der Waals surface area contributed by atoms with Crippen molar-refractivity contribution in [3.05, 3.63) is 27.9 Å². The second-order valence-corrected chi connectivity index (χ2v) is 5.13. The summed E-state index contributed by atoms with van der Waals surface area (Å²) in [6.45, 7) is 7.00. The highest BCUT2D eigenvalue weighted by atomic mass is 16.6. The second kappa shape index (κ2) is 5.97. The molecule has 0 aliphatic carbocycles. The number of likely N-dealkylation sites (tertiary alicyclic amines) is 1. The minimum absolute atomic E-state index is 0.0406. The van der Waals surface area contributed by atoms with Crippen molar-refractivity contribution in [1.82, 2.24) is 9.88 Å². The fraction of sp³-hybridized carbons (Fsp3) is 0.615. The molecule has 6 heteroatoms. The monoisotopic (exact) mass is 264 g/mol. The van der Waals surface area contributed by atoms with Crippen LogP contribution in [0.3, 0.4) is 0 Å². The van der Waals surface area contributed by atoms with Crippen LogP contribution in [-0.2, 0) is 0 Å². The molecule has 1 fully saturated rings. The molecule has 104 valence electrons. The van der Waals surface area contributed by atoms with Gasteiger partial charge in [0.2, 0.25) is 5.82 Å². The maximum atomic E-state index is 11.0. The predicted molar refractivity (Wildman–Crippen MR) is 74.4 cm³/mol. The molecule has 1 aromatic heterocycles. The highest BCUT2D eigenvalue weighted by molar-refractivity contribution is 5.56. The molecule has 1 atom stereocenters. The van der Waals surface area contributed by atoms with Gasteiger partial charge in [-0.15, -0.1) is 0 Å². The van der Waals surface area contributed by atoms with E-state index in [1.165, 1.54) is 18.9 Å². The zero-order valence-corrected chi connectivity index (χ0v) is 11.4. The highest BCUT2D eigenvalue weighted by Crippen LogP contribution is 2.22. The van der Waals surface area contributed by atoms with E-state index >= 15 is 0 Å². The van der Waals surface area contributed by atoms with E-state index in [0.717, 1.165) is 25.3 Å². The molecule has 6 nitrogen and oxygen atoms in total. The number of aromatic nitrogens is 1. The van der Waals surface area contributed by atoms with Crippen LogP contribution in [0.5, 0.6) is 0 Å². The molecule has 0 saturated carbocycles. The van der Waals surface area contributed by atoms with Crippen LogP contribution in [0, 0.1) is 17.0 Å². The molecule has 2 heterocycles. The number of nitrogens with zero attached hydrogens (tertiary/aromatic N) is 3. The van der Waals surface area contributed by atoms with Crippen molar-refractivity contribution >= 4 is 11.5 Å². The Morgan fingerprint density at radius 3 is 2.79 bits per heavy atom. The number of pyridine rings is 1. The van der Waals surface area contributed by atoms with Gasteiger partial charge in [0.25, 0.3) is 0 Å². The van der Waals surface area contributed by atoms with Gasteiger partial charge in [-0.3, -0.25) is 10.1 Å². The summed E-state index contributed by atoms with van der Waals surface area (Å²) in [6, 6.07) is 3.31. The van der Waals surface area contributed by atoms with Crippen molar-refractivity contribution in [2.24, 2.45) is 0 Å². The maximum Gasteiger partial charge on any atom is 0.311 e. The van der Waals surface area contributed by atoms with Gasteiger partial charge in [-0.25, -0.2) is 4.98 Å². The first-order chi connectivity index (χ1) is 9.06. The van der Waals surface area contributed by atoms with E-state index < -0.39 is 4.92 Å². The summed E-state index contributed by atoms with van der Waals surface area (Å²) in [4.78, 5) is 17.2. The fourth-order valence-electron chi connectivity index (χ4n) is 2.43. The first kappa shape index (κ1) is 13.7. The topological polar surface area (TPSA) is 71.3 Å². The summed E-state index contributed by atoms with van der Waals surface area (Å²) in [5, 5.41) is 14.1. The molecule has 0 spiro atoms. The Morgan fingerprint density at radius 2 is 2.16 bits per heavy atom. The first-order valence-electron chi connectivity index (χ1n) is 6.67. The lowest BCUT2D eigenvalue weighted by atomic mass is 10.2. The Morgan fingerprint density at radius 1 is 1.47 bits per heavy atom. The van der Waals surface area contributed by atoms with E-state index in [1.54, 1.807) is 6.07 Å². The van der Waals surface area contributed by atoms with Gasteiger partial charge in [0.05, 0.1) is 4.92 Å². The molecule has 0 aromatic carbocycles. The SMILES string of the molecule is Cc1ccc([N+](=O)[O-])c(NC(C)CN2CCCC2)n1. The molecule has 0 radical (unpaired) electrons. The van der Waals surface area contributed by atoms with E-state index in [9.17, 15) is 10.1 Å².